The van der Waals surface area contributed by atoms with Gasteiger partial charge in [-0.2, -0.15) is 4.73 Å². The fourth-order valence-corrected chi connectivity index (χ4v) is 2.74. The molecule has 1 aliphatic heterocycles. The SMILES string of the molecule is Cc1c2c([n+]([O-])c3ccccc13)CCNCC2.Cl.Cl. The van der Waals surface area contributed by atoms with Gasteiger partial charge in [-0.15, -0.1) is 24.8 Å². The number of pyridine rings is 1. The molecular formula is C14H18Cl2N2O. The molecule has 104 valence electrons. The minimum Gasteiger partial charge on any atom is -0.618 e. The van der Waals surface area contributed by atoms with E-state index in [9.17, 15) is 5.21 Å². The summed E-state index contributed by atoms with van der Waals surface area (Å²) in [6.07, 6.45) is 1.78. The summed E-state index contributed by atoms with van der Waals surface area (Å²) in [6.45, 7) is 3.99. The van der Waals surface area contributed by atoms with Crippen molar-refractivity contribution in [1.29, 1.82) is 0 Å². The van der Waals surface area contributed by atoms with E-state index in [4.69, 9.17) is 0 Å². The summed E-state index contributed by atoms with van der Waals surface area (Å²) in [5.41, 5.74) is 4.26. The zero-order valence-electron chi connectivity index (χ0n) is 10.8. The number of nitrogens with zero attached hydrogens (tertiary/aromatic N) is 1. The van der Waals surface area contributed by atoms with Crippen molar-refractivity contribution in [2.75, 3.05) is 13.1 Å². The maximum atomic E-state index is 12.4. The van der Waals surface area contributed by atoms with Gasteiger partial charge < -0.3 is 10.5 Å². The van der Waals surface area contributed by atoms with Gasteiger partial charge >= 0.3 is 0 Å². The Bertz CT molecular complexity index is 537. The predicted octanol–water partition coefficient (Wildman–Crippen LogP) is 2.31. The normalized spacial score (nSPS) is 13.9. The molecule has 0 atom stereocenters. The second-order valence-electron chi connectivity index (χ2n) is 4.61. The lowest BCUT2D eigenvalue weighted by atomic mass is 9.98. The Kier molecular flexibility index (Phi) is 5.41. The largest absolute Gasteiger partial charge is 0.618 e. The van der Waals surface area contributed by atoms with E-state index in [2.05, 4.69) is 12.2 Å². The molecule has 5 heteroatoms. The topological polar surface area (TPSA) is 39.0 Å². The third-order valence-corrected chi connectivity index (χ3v) is 3.66. The first kappa shape index (κ1) is 16.0. The van der Waals surface area contributed by atoms with Crippen LogP contribution in [0.1, 0.15) is 16.8 Å². The Morgan fingerprint density at radius 1 is 1.11 bits per heavy atom. The summed E-state index contributed by atoms with van der Waals surface area (Å²) in [4.78, 5) is 0. The molecule has 0 radical (unpaired) electrons. The van der Waals surface area contributed by atoms with Crippen LogP contribution in [0.2, 0.25) is 0 Å². The van der Waals surface area contributed by atoms with E-state index in [1.54, 1.807) is 0 Å². The highest BCUT2D eigenvalue weighted by atomic mass is 35.5. The van der Waals surface area contributed by atoms with E-state index in [0.717, 1.165) is 47.3 Å². The second kappa shape index (κ2) is 6.42. The molecule has 1 aliphatic rings. The molecule has 1 N–H and O–H groups in total. The highest BCUT2D eigenvalue weighted by Gasteiger charge is 2.21. The van der Waals surface area contributed by atoms with Crippen molar-refractivity contribution in [2.45, 2.75) is 19.8 Å². The Balaban J connectivity index is 0.000000902. The number of aryl methyl sites for hydroxylation is 1. The molecule has 3 nitrogen and oxygen atoms in total. The molecule has 2 aromatic rings. The van der Waals surface area contributed by atoms with Gasteiger partial charge in [0.2, 0.25) is 5.52 Å². The van der Waals surface area contributed by atoms with Crippen molar-refractivity contribution in [3.8, 4) is 0 Å². The summed E-state index contributed by atoms with van der Waals surface area (Å²) in [5.74, 6) is 0. The first-order chi connectivity index (χ1) is 8.29. The van der Waals surface area contributed by atoms with Crippen LogP contribution in [-0.2, 0) is 12.8 Å². The molecule has 0 aliphatic carbocycles. The van der Waals surface area contributed by atoms with Gasteiger partial charge in [-0.25, -0.2) is 0 Å². The molecule has 0 unspecified atom stereocenters. The molecule has 3 rings (SSSR count). The molecule has 0 saturated carbocycles. The van der Waals surface area contributed by atoms with Crippen LogP contribution in [0, 0.1) is 12.1 Å². The van der Waals surface area contributed by atoms with Crippen LogP contribution in [0.4, 0.5) is 0 Å². The molecule has 2 heterocycles. The van der Waals surface area contributed by atoms with Gasteiger partial charge in [0, 0.05) is 24.6 Å². The van der Waals surface area contributed by atoms with Gasteiger partial charge in [0.15, 0.2) is 5.69 Å². The third-order valence-electron chi connectivity index (χ3n) is 3.66. The zero-order valence-corrected chi connectivity index (χ0v) is 12.4. The number of aromatic nitrogens is 1. The number of benzene rings is 1. The zero-order chi connectivity index (χ0) is 11.8. The molecule has 0 spiro atoms. The Labute approximate surface area is 125 Å². The number of para-hydroxylation sites is 1. The van der Waals surface area contributed by atoms with Crippen LogP contribution >= 0.6 is 24.8 Å². The standard InChI is InChI=1S/C14H16N2O.2ClH/c1-10-11-4-2-3-5-13(11)16(17)14-7-9-15-8-6-12(10)14;;/h2-5,15H,6-9H2,1H3;2*1H. The average Bonchev–Trinajstić information content (AvgIpc) is 2.62. The van der Waals surface area contributed by atoms with Crippen LogP contribution in [0.25, 0.3) is 10.9 Å². The number of fused-ring (bicyclic) bond motifs is 2. The van der Waals surface area contributed by atoms with Crippen molar-refractivity contribution in [3.05, 3.63) is 46.3 Å². The van der Waals surface area contributed by atoms with Gasteiger partial charge in [-0.3, -0.25) is 0 Å². The van der Waals surface area contributed by atoms with Crippen molar-refractivity contribution < 1.29 is 4.73 Å². The Morgan fingerprint density at radius 2 is 1.79 bits per heavy atom. The number of hydrogen-bond acceptors (Lipinski definition) is 2. The van der Waals surface area contributed by atoms with E-state index in [1.807, 2.05) is 24.3 Å². The maximum absolute atomic E-state index is 12.4. The van der Waals surface area contributed by atoms with E-state index < -0.39 is 0 Å². The van der Waals surface area contributed by atoms with Gasteiger partial charge in [-0.05, 0) is 31.5 Å². The van der Waals surface area contributed by atoms with Gasteiger partial charge in [0.1, 0.15) is 0 Å². The summed E-state index contributed by atoms with van der Waals surface area (Å²) >= 11 is 0. The highest BCUT2D eigenvalue weighted by molar-refractivity contribution is 5.85. The van der Waals surface area contributed by atoms with E-state index in [-0.39, 0.29) is 24.8 Å². The van der Waals surface area contributed by atoms with Gasteiger partial charge in [0.25, 0.3) is 0 Å². The Hall–Kier alpha value is -1.03. The lowest BCUT2D eigenvalue weighted by molar-refractivity contribution is -0.586. The molecule has 0 saturated heterocycles. The monoisotopic (exact) mass is 300 g/mol. The molecule has 0 bridgehead atoms. The van der Waals surface area contributed by atoms with E-state index in [1.165, 1.54) is 11.1 Å². The summed E-state index contributed by atoms with van der Waals surface area (Å²) in [6, 6.07) is 7.87. The molecule has 19 heavy (non-hydrogen) atoms. The van der Waals surface area contributed by atoms with Crippen LogP contribution in [0.15, 0.2) is 24.3 Å². The van der Waals surface area contributed by atoms with Crippen molar-refractivity contribution in [1.82, 2.24) is 5.32 Å². The molecule has 0 amide bonds. The van der Waals surface area contributed by atoms with Crippen LogP contribution in [0.5, 0.6) is 0 Å². The minimum absolute atomic E-state index is 0. The summed E-state index contributed by atoms with van der Waals surface area (Å²) in [7, 11) is 0. The van der Waals surface area contributed by atoms with E-state index >= 15 is 0 Å². The third kappa shape index (κ3) is 2.64. The first-order valence-electron chi connectivity index (χ1n) is 6.12. The number of rotatable bonds is 0. The van der Waals surface area contributed by atoms with Crippen molar-refractivity contribution >= 4 is 35.7 Å². The number of hydrogen-bond donors (Lipinski definition) is 1. The number of halogens is 2. The molecule has 0 fully saturated rings. The Morgan fingerprint density at radius 3 is 2.58 bits per heavy atom. The fraction of sp³-hybridized carbons (Fsp3) is 0.357. The summed E-state index contributed by atoms with van der Waals surface area (Å²) in [5, 5.41) is 16.8. The minimum atomic E-state index is 0. The molecular weight excluding hydrogens is 283 g/mol. The maximum Gasteiger partial charge on any atom is 0.224 e. The lowest BCUT2D eigenvalue weighted by Gasteiger charge is -2.13. The molecule has 1 aromatic carbocycles. The van der Waals surface area contributed by atoms with Crippen LogP contribution in [-0.4, -0.2) is 13.1 Å². The predicted molar refractivity (Wildman–Crippen MR) is 82.4 cm³/mol. The van der Waals surface area contributed by atoms with Gasteiger partial charge in [0.05, 0.1) is 5.39 Å². The van der Waals surface area contributed by atoms with E-state index in [0.29, 0.717) is 0 Å². The average molecular weight is 301 g/mol. The molecule has 1 aromatic heterocycles. The number of nitrogens with one attached hydrogen (secondary N) is 1. The van der Waals surface area contributed by atoms with Crippen LogP contribution in [0.3, 0.4) is 0 Å². The first-order valence-corrected chi connectivity index (χ1v) is 6.12. The summed E-state index contributed by atoms with van der Waals surface area (Å²) < 4.78 is 1.13. The fourth-order valence-electron chi connectivity index (χ4n) is 2.74. The van der Waals surface area contributed by atoms with Crippen molar-refractivity contribution in [3.63, 3.8) is 0 Å². The second-order valence-corrected chi connectivity index (χ2v) is 4.61. The van der Waals surface area contributed by atoms with Gasteiger partial charge in [-0.1, -0.05) is 12.1 Å². The van der Waals surface area contributed by atoms with Crippen molar-refractivity contribution in [2.24, 2.45) is 0 Å². The quantitative estimate of drug-likeness (QED) is 0.599. The smallest absolute Gasteiger partial charge is 0.224 e. The lowest BCUT2D eigenvalue weighted by Crippen LogP contribution is -2.35. The van der Waals surface area contributed by atoms with Crippen LogP contribution < -0.4 is 10.0 Å². The highest BCUT2D eigenvalue weighted by Crippen LogP contribution is 2.22.